The highest BCUT2D eigenvalue weighted by Crippen LogP contribution is 2.24. The maximum absolute atomic E-state index is 11.3. The lowest BCUT2D eigenvalue weighted by Crippen LogP contribution is -2.29. The number of nitrogens with one attached hydrogen (secondary N) is 1. The van der Waals surface area contributed by atoms with Crippen molar-refractivity contribution >= 4 is 5.91 Å². The van der Waals surface area contributed by atoms with Gasteiger partial charge in [0.25, 0.3) is 0 Å². The summed E-state index contributed by atoms with van der Waals surface area (Å²) in [4.78, 5) is 11.3. The van der Waals surface area contributed by atoms with E-state index in [9.17, 15) is 9.90 Å². The highest BCUT2D eigenvalue weighted by molar-refractivity contribution is 5.77. The minimum Gasteiger partial charge on any atom is -0.504 e. The number of phenols is 2. The fourth-order valence-corrected chi connectivity index (χ4v) is 1.26. The second-order valence-electron chi connectivity index (χ2n) is 4.02. The van der Waals surface area contributed by atoms with Crippen molar-refractivity contribution in [3.8, 4) is 11.5 Å². The van der Waals surface area contributed by atoms with Crippen molar-refractivity contribution in [3.05, 3.63) is 23.8 Å². The average Bonchev–Trinajstić information content (AvgIpc) is 2.23. The Morgan fingerprint density at radius 1 is 1.31 bits per heavy atom. The van der Waals surface area contributed by atoms with Crippen molar-refractivity contribution < 1.29 is 15.0 Å². The predicted octanol–water partition coefficient (Wildman–Crippen LogP) is 1.41. The summed E-state index contributed by atoms with van der Waals surface area (Å²) in [7, 11) is 0. The SMILES string of the molecule is CC(C)C(=O)NCCc1ccc(O)c(O)c1. The predicted molar refractivity (Wildman–Crippen MR) is 61.3 cm³/mol. The zero-order valence-electron chi connectivity index (χ0n) is 9.53. The van der Waals surface area contributed by atoms with Gasteiger partial charge in [-0.15, -0.1) is 0 Å². The molecular weight excluding hydrogens is 206 g/mol. The minimum absolute atomic E-state index is 0.0167. The first kappa shape index (κ1) is 12.4. The topological polar surface area (TPSA) is 69.6 Å². The summed E-state index contributed by atoms with van der Waals surface area (Å²) >= 11 is 0. The van der Waals surface area contributed by atoms with Gasteiger partial charge in [0.05, 0.1) is 0 Å². The molecule has 0 heterocycles. The molecule has 1 rings (SSSR count). The molecule has 0 aliphatic heterocycles. The third kappa shape index (κ3) is 3.46. The zero-order chi connectivity index (χ0) is 12.1. The van der Waals surface area contributed by atoms with Crippen LogP contribution in [-0.4, -0.2) is 22.7 Å². The van der Waals surface area contributed by atoms with Crippen LogP contribution in [0, 0.1) is 5.92 Å². The molecule has 1 aromatic rings. The van der Waals surface area contributed by atoms with E-state index in [2.05, 4.69) is 5.32 Å². The van der Waals surface area contributed by atoms with Gasteiger partial charge < -0.3 is 15.5 Å². The van der Waals surface area contributed by atoms with Crippen molar-refractivity contribution in [2.24, 2.45) is 5.92 Å². The quantitative estimate of drug-likeness (QED) is 0.676. The molecule has 0 atom stereocenters. The molecule has 1 amide bonds. The van der Waals surface area contributed by atoms with Crippen LogP contribution in [0.2, 0.25) is 0 Å². The van der Waals surface area contributed by atoms with E-state index in [4.69, 9.17) is 5.11 Å². The number of amides is 1. The van der Waals surface area contributed by atoms with Gasteiger partial charge in [-0.2, -0.15) is 0 Å². The average molecular weight is 223 g/mol. The number of aromatic hydroxyl groups is 2. The molecular formula is C12H17NO3. The first-order chi connectivity index (χ1) is 7.50. The second-order valence-corrected chi connectivity index (χ2v) is 4.02. The van der Waals surface area contributed by atoms with Gasteiger partial charge in [0.2, 0.25) is 5.91 Å². The van der Waals surface area contributed by atoms with Crippen LogP contribution >= 0.6 is 0 Å². The second kappa shape index (κ2) is 5.39. The molecule has 4 heteroatoms. The molecule has 4 nitrogen and oxygen atoms in total. The van der Waals surface area contributed by atoms with Gasteiger partial charge in [0, 0.05) is 12.5 Å². The summed E-state index contributed by atoms with van der Waals surface area (Å²) in [6.07, 6.45) is 0.631. The van der Waals surface area contributed by atoms with Crippen LogP contribution < -0.4 is 5.32 Å². The summed E-state index contributed by atoms with van der Waals surface area (Å²) < 4.78 is 0. The standard InChI is InChI=1S/C12H17NO3/c1-8(2)12(16)13-6-5-9-3-4-10(14)11(15)7-9/h3-4,7-8,14-15H,5-6H2,1-2H3,(H,13,16). The maximum Gasteiger partial charge on any atom is 0.222 e. The molecule has 0 saturated heterocycles. The lowest BCUT2D eigenvalue weighted by Gasteiger charge is -2.08. The Hall–Kier alpha value is -1.71. The molecule has 0 saturated carbocycles. The lowest BCUT2D eigenvalue weighted by atomic mass is 10.1. The van der Waals surface area contributed by atoms with Gasteiger partial charge in [0.1, 0.15) is 0 Å². The number of phenolic OH excluding ortho intramolecular Hbond substituents is 2. The molecule has 0 unspecified atom stereocenters. The van der Waals surface area contributed by atoms with Crippen molar-refractivity contribution in [3.63, 3.8) is 0 Å². The number of hydrogen-bond donors (Lipinski definition) is 3. The molecule has 3 N–H and O–H groups in total. The fourth-order valence-electron chi connectivity index (χ4n) is 1.26. The Morgan fingerprint density at radius 3 is 2.56 bits per heavy atom. The van der Waals surface area contributed by atoms with E-state index >= 15 is 0 Å². The number of carbonyl (C=O) groups is 1. The van der Waals surface area contributed by atoms with Crippen LogP contribution in [0.1, 0.15) is 19.4 Å². The summed E-state index contributed by atoms with van der Waals surface area (Å²) in [6, 6.07) is 4.66. The maximum atomic E-state index is 11.3. The van der Waals surface area contributed by atoms with Gasteiger partial charge in [-0.3, -0.25) is 4.79 Å². The van der Waals surface area contributed by atoms with Crippen LogP contribution in [0.4, 0.5) is 0 Å². The molecule has 0 aliphatic carbocycles. The van der Waals surface area contributed by atoms with E-state index in [1.807, 2.05) is 13.8 Å². The Balaban J connectivity index is 2.43. The fraction of sp³-hybridized carbons (Fsp3) is 0.417. The minimum atomic E-state index is -0.132. The summed E-state index contributed by atoms with van der Waals surface area (Å²) in [5, 5.41) is 21.2. The van der Waals surface area contributed by atoms with Crippen molar-refractivity contribution in [1.82, 2.24) is 5.32 Å². The van der Waals surface area contributed by atoms with Crippen LogP contribution in [0.15, 0.2) is 18.2 Å². The molecule has 0 spiro atoms. The molecule has 16 heavy (non-hydrogen) atoms. The monoisotopic (exact) mass is 223 g/mol. The first-order valence-corrected chi connectivity index (χ1v) is 5.29. The van der Waals surface area contributed by atoms with Crippen LogP contribution in [0.3, 0.4) is 0 Å². The van der Waals surface area contributed by atoms with E-state index in [0.717, 1.165) is 5.56 Å². The Morgan fingerprint density at radius 2 is 2.00 bits per heavy atom. The Kier molecular flexibility index (Phi) is 4.17. The summed E-state index contributed by atoms with van der Waals surface area (Å²) in [5.74, 6) is -0.265. The molecule has 0 aromatic heterocycles. The summed E-state index contributed by atoms with van der Waals surface area (Å²) in [6.45, 7) is 4.20. The normalized spacial score (nSPS) is 10.4. The third-order valence-electron chi connectivity index (χ3n) is 2.28. The molecule has 0 fully saturated rings. The Labute approximate surface area is 94.9 Å². The number of carbonyl (C=O) groups excluding carboxylic acids is 1. The van der Waals surface area contributed by atoms with E-state index in [1.165, 1.54) is 12.1 Å². The van der Waals surface area contributed by atoms with Crippen LogP contribution in [0.25, 0.3) is 0 Å². The van der Waals surface area contributed by atoms with Crippen LogP contribution in [0.5, 0.6) is 11.5 Å². The van der Waals surface area contributed by atoms with Crippen LogP contribution in [-0.2, 0) is 11.2 Å². The first-order valence-electron chi connectivity index (χ1n) is 5.29. The van der Waals surface area contributed by atoms with E-state index in [1.54, 1.807) is 6.07 Å². The van der Waals surface area contributed by atoms with Gasteiger partial charge >= 0.3 is 0 Å². The molecule has 0 bridgehead atoms. The van der Waals surface area contributed by atoms with Gasteiger partial charge in [0.15, 0.2) is 11.5 Å². The van der Waals surface area contributed by atoms with Gasteiger partial charge in [-0.25, -0.2) is 0 Å². The van der Waals surface area contributed by atoms with Crippen molar-refractivity contribution in [2.75, 3.05) is 6.54 Å². The number of rotatable bonds is 4. The van der Waals surface area contributed by atoms with Crippen molar-refractivity contribution in [2.45, 2.75) is 20.3 Å². The highest BCUT2D eigenvalue weighted by Gasteiger charge is 2.06. The summed E-state index contributed by atoms with van der Waals surface area (Å²) in [5.41, 5.74) is 0.874. The van der Waals surface area contributed by atoms with E-state index in [-0.39, 0.29) is 23.3 Å². The molecule has 0 radical (unpaired) electrons. The largest absolute Gasteiger partial charge is 0.504 e. The molecule has 88 valence electrons. The van der Waals surface area contributed by atoms with Crippen molar-refractivity contribution in [1.29, 1.82) is 0 Å². The van der Waals surface area contributed by atoms with E-state index in [0.29, 0.717) is 13.0 Å². The van der Waals surface area contributed by atoms with Gasteiger partial charge in [-0.05, 0) is 24.1 Å². The third-order valence-corrected chi connectivity index (χ3v) is 2.28. The van der Waals surface area contributed by atoms with Gasteiger partial charge in [-0.1, -0.05) is 19.9 Å². The Bertz CT molecular complexity index is 375. The highest BCUT2D eigenvalue weighted by atomic mass is 16.3. The molecule has 0 aliphatic rings. The smallest absolute Gasteiger partial charge is 0.222 e. The number of hydrogen-bond acceptors (Lipinski definition) is 3. The van der Waals surface area contributed by atoms with E-state index < -0.39 is 0 Å². The zero-order valence-corrected chi connectivity index (χ0v) is 9.53. The lowest BCUT2D eigenvalue weighted by molar-refractivity contribution is -0.123. The number of benzene rings is 1. The molecule has 1 aromatic carbocycles.